The summed E-state index contributed by atoms with van der Waals surface area (Å²) in [5.41, 5.74) is 2.84. The molecule has 47 heavy (non-hydrogen) atoms. The van der Waals surface area contributed by atoms with Gasteiger partial charge in [-0.2, -0.15) is 0 Å². The summed E-state index contributed by atoms with van der Waals surface area (Å²) in [4.78, 5) is 29.8. The number of ether oxygens (including phenoxy) is 1. The van der Waals surface area contributed by atoms with E-state index in [1.165, 1.54) is 4.90 Å². The highest BCUT2D eigenvalue weighted by Gasteiger charge is 2.34. The first kappa shape index (κ1) is 34.0. The number of amides is 2. The molecule has 0 aliphatic heterocycles. The van der Waals surface area contributed by atoms with Crippen LogP contribution >= 0.6 is 11.6 Å². The molecule has 246 valence electrons. The first-order valence-corrected chi connectivity index (χ1v) is 18.0. The van der Waals surface area contributed by atoms with E-state index in [1.807, 2.05) is 66.7 Å². The number of benzene rings is 4. The normalized spacial score (nSPS) is 13.9. The van der Waals surface area contributed by atoms with Gasteiger partial charge in [0.25, 0.3) is 0 Å². The number of rotatable bonds is 14. The van der Waals surface area contributed by atoms with Crippen LogP contribution in [0.4, 0.5) is 5.69 Å². The van der Waals surface area contributed by atoms with Crippen LogP contribution in [0, 0.1) is 0 Å². The van der Waals surface area contributed by atoms with Crippen LogP contribution in [0.2, 0.25) is 5.02 Å². The summed E-state index contributed by atoms with van der Waals surface area (Å²) in [6.45, 7) is -0.120. The van der Waals surface area contributed by atoms with Crippen molar-refractivity contribution in [3.8, 4) is 5.75 Å². The molecule has 4 aromatic carbocycles. The molecule has 1 atom stereocenters. The minimum absolute atomic E-state index is 0.0258. The Labute approximate surface area is 282 Å². The maximum Gasteiger partial charge on any atom is 0.244 e. The number of hydrogen-bond acceptors (Lipinski definition) is 5. The molecule has 4 aromatic rings. The average Bonchev–Trinajstić information content (AvgIpc) is 3.59. The lowest BCUT2D eigenvalue weighted by atomic mass is 10.0. The molecule has 8 nitrogen and oxygen atoms in total. The lowest BCUT2D eigenvalue weighted by Crippen LogP contribution is -2.54. The maximum absolute atomic E-state index is 14.4. The zero-order valence-corrected chi connectivity index (χ0v) is 28.0. The van der Waals surface area contributed by atoms with Gasteiger partial charge in [0.05, 0.1) is 11.9 Å². The van der Waals surface area contributed by atoms with Crippen LogP contribution in [0.5, 0.6) is 5.75 Å². The quantitative estimate of drug-likeness (QED) is 0.168. The van der Waals surface area contributed by atoms with Crippen LogP contribution in [0.1, 0.15) is 42.4 Å². The summed E-state index contributed by atoms with van der Waals surface area (Å²) < 4.78 is 33.2. The molecule has 1 aliphatic rings. The van der Waals surface area contributed by atoms with E-state index >= 15 is 0 Å². The Bertz CT molecular complexity index is 1730. The van der Waals surface area contributed by atoms with E-state index in [0.717, 1.165) is 47.4 Å². The fourth-order valence-electron chi connectivity index (χ4n) is 5.79. The standard InChI is InChI=1S/C37H40ClN3O5S/c1-47(44,45)41(32-20-22-33(23-21-32)46-27-29-14-6-3-7-15-29)26-36(42)40(25-30-16-8-11-19-34(30)38)35(24-28-12-4-2-5-13-28)37(43)39-31-17-9-10-18-31/h2-8,11-16,19-23,31,35H,9-10,17-18,24-27H2,1H3,(H,39,43)/t35-/m1/s1. The van der Waals surface area contributed by atoms with Crippen molar-refractivity contribution in [2.24, 2.45) is 0 Å². The van der Waals surface area contributed by atoms with Crippen molar-refractivity contribution in [1.29, 1.82) is 0 Å². The van der Waals surface area contributed by atoms with Gasteiger partial charge in [0.2, 0.25) is 21.8 Å². The topological polar surface area (TPSA) is 96.0 Å². The molecule has 0 unspecified atom stereocenters. The molecule has 1 aliphatic carbocycles. The summed E-state index contributed by atoms with van der Waals surface area (Å²) >= 11 is 6.55. The Morgan fingerprint density at radius 1 is 0.851 bits per heavy atom. The second kappa shape index (κ2) is 16.0. The minimum atomic E-state index is -3.90. The first-order valence-electron chi connectivity index (χ1n) is 15.8. The summed E-state index contributed by atoms with van der Waals surface area (Å²) in [7, 11) is -3.90. The van der Waals surface area contributed by atoms with Gasteiger partial charge in [-0.25, -0.2) is 8.42 Å². The average molecular weight is 674 g/mol. The number of halogens is 1. The number of hydrogen-bond donors (Lipinski definition) is 1. The summed E-state index contributed by atoms with van der Waals surface area (Å²) in [5.74, 6) is -0.238. The Morgan fingerprint density at radius 3 is 2.06 bits per heavy atom. The van der Waals surface area contributed by atoms with Crippen LogP contribution in [-0.4, -0.2) is 50.0 Å². The van der Waals surface area contributed by atoms with Crippen LogP contribution in [0.25, 0.3) is 0 Å². The van der Waals surface area contributed by atoms with Crippen molar-refractivity contribution in [2.75, 3.05) is 17.1 Å². The molecule has 10 heteroatoms. The molecule has 1 N–H and O–H groups in total. The molecule has 0 saturated heterocycles. The second-order valence-electron chi connectivity index (χ2n) is 11.8. The summed E-state index contributed by atoms with van der Waals surface area (Å²) in [6, 6.07) is 32.1. The third-order valence-corrected chi connectivity index (χ3v) is 9.83. The highest BCUT2D eigenvalue weighted by Crippen LogP contribution is 2.26. The van der Waals surface area contributed by atoms with Crippen LogP contribution in [-0.2, 0) is 39.2 Å². The Hall–Kier alpha value is -4.34. The van der Waals surface area contributed by atoms with Crippen molar-refractivity contribution in [3.63, 3.8) is 0 Å². The van der Waals surface area contributed by atoms with Crippen LogP contribution < -0.4 is 14.4 Å². The van der Waals surface area contributed by atoms with Gasteiger partial charge in [-0.1, -0.05) is 103 Å². The molecular weight excluding hydrogens is 634 g/mol. The fourth-order valence-corrected chi connectivity index (χ4v) is 6.84. The predicted octanol–water partition coefficient (Wildman–Crippen LogP) is 6.38. The Balaban J connectivity index is 1.43. The molecule has 0 aromatic heterocycles. The van der Waals surface area contributed by atoms with Gasteiger partial charge in [-0.15, -0.1) is 0 Å². The van der Waals surface area contributed by atoms with Gasteiger partial charge < -0.3 is 15.0 Å². The molecule has 0 spiro atoms. The molecular formula is C37H40ClN3O5S. The second-order valence-corrected chi connectivity index (χ2v) is 14.2. The maximum atomic E-state index is 14.4. The van der Waals surface area contributed by atoms with Crippen molar-refractivity contribution in [3.05, 3.63) is 131 Å². The number of anilines is 1. The van der Waals surface area contributed by atoms with E-state index in [-0.39, 0.29) is 24.9 Å². The highest BCUT2D eigenvalue weighted by molar-refractivity contribution is 7.92. The number of carbonyl (C=O) groups excluding carboxylic acids is 2. The molecule has 0 radical (unpaired) electrons. The Kier molecular flexibility index (Phi) is 11.6. The number of sulfonamides is 1. The largest absolute Gasteiger partial charge is 0.489 e. The third kappa shape index (κ3) is 9.59. The van der Waals surface area contributed by atoms with Gasteiger partial charge in [-0.05, 0) is 59.9 Å². The summed E-state index contributed by atoms with van der Waals surface area (Å²) in [5, 5.41) is 3.62. The minimum Gasteiger partial charge on any atom is -0.489 e. The molecule has 1 saturated carbocycles. The van der Waals surface area contributed by atoms with Crippen molar-refractivity contribution in [2.45, 2.75) is 57.3 Å². The molecule has 1 fully saturated rings. The van der Waals surface area contributed by atoms with Gasteiger partial charge in [-0.3, -0.25) is 13.9 Å². The van der Waals surface area contributed by atoms with Crippen molar-refractivity contribution >= 4 is 39.1 Å². The van der Waals surface area contributed by atoms with E-state index in [0.29, 0.717) is 28.6 Å². The van der Waals surface area contributed by atoms with Crippen LogP contribution in [0.15, 0.2) is 109 Å². The van der Waals surface area contributed by atoms with E-state index in [4.69, 9.17) is 16.3 Å². The fraction of sp³-hybridized carbons (Fsp3) is 0.297. The smallest absolute Gasteiger partial charge is 0.244 e. The van der Waals surface area contributed by atoms with Crippen molar-refractivity contribution in [1.82, 2.24) is 10.2 Å². The van der Waals surface area contributed by atoms with Gasteiger partial charge in [0, 0.05) is 24.0 Å². The zero-order chi connectivity index (χ0) is 33.2. The highest BCUT2D eigenvalue weighted by atomic mass is 35.5. The van der Waals surface area contributed by atoms with Crippen LogP contribution in [0.3, 0.4) is 0 Å². The van der Waals surface area contributed by atoms with Gasteiger partial charge in [0.15, 0.2) is 0 Å². The number of nitrogens with zero attached hydrogens (tertiary/aromatic N) is 2. The van der Waals surface area contributed by atoms with Gasteiger partial charge >= 0.3 is 0 Å². The summed E-state index contributed by atoms with van der Waals surface area (Å²) in [6.07, 6.45) is 5.16. The molecule has 0 bridgehead atoms. The number of nitrogens with one attached hydrogen (secondary N) is 1. The lowest BCUT2D eigenvalue weighted by Gasteiger charge is -2.34. The SMILES string of the molecule is CS(=O)(=O)N(CC(=O)N(Cc1ccccc1Cl)[C@H](Cc1ccccc1)C(=O)NC1CCCC1)c1ccc(OCc2ccccc2)cc1. The number of carbonyl (C=O) groups is 2. The lowest BCUT2D eigenvalue weighted by molar-refractivity contribution is -0.140. The monoisotopic (exact) mass is 673 g/mol. The molecule has 2 amide bonds. The Morgan fingerprint density at radius 2 is 1.45 bits per heavy atom. The predicted molar refractivity (Wildman–Crippen MR) is 186 cm³/mol. The molecule has 0 heterocycles. The van der Waals surface area contributed by atoms with E-state index in [2.05, 4.69) is 5.32 Å². The third-order valence-electron chi connectivity index (χ3n) is 8.32. The zero-order valence-electron chi connectivity index (χ0n) is 26.4. The van der Waals surface area contributed by atoms with Gasteiger partial charge in [0.1, 0.15) is 24.9 Å². The van der Waals surface area contributed by atoms with E-state index in [9.17, 15) is 18.0 Å². The van der Waals surface area contributed by atoms with E-state index in [1.54, 1.807) is 42.5 Å². The first-order chi connectivity index (χ1) is 22.7. The molecule has 5 rings (SSSR count). The van der Waals surface area contributed by atoms with E-state index < -0.39 is 28.5 Å². The van der Waals surface area contributed by atoms with Crippen molar-refractivity contribution < 1.29 is 22.7 Å².